The SMILES string of the molecule is CC(C)Oc1ccc(CN2CCC(C(=O)O)C2)cc1Cl. The quantitative estimate of drug-likeness (QED) is 0.907. The van der Waals surface area contributed by atoms with Gasteiger partial charge in [0.05, 0.1) is 17.0 Å². The summed E-state index contributed by atoms with van der Waals surface area (Å²) in [6.07, 6.45) is 0.811. The van der Waals surface area contributed by atoms with E-state index in [1.165, 1.54) is 0 Å². The van der Waals surface area contributed by atoms with Crippen molar-refractivity contribution in [2.24, 2.45) is 5.92 Å². The number of benzene rings is 1. The lowest BCUT2D eigenvalue weighted by atomic mass is 10.1. The summed E-state index contributed by atoms with van der Waals surface area (Å²) in [5.74, 6) is -0.254. The first kappa shape index (κ1) is 15.1. The van der Waals surface area contributed by atoms with E-state index in [0.717, 1.165) is 25.1 Å². The van der Waals surface area contributed by atoms with E-state index in [4.69, 9.17) is 21.4 Å². The van der Waals surface area contributed by atoms with Gasteiger partial charge in [0.1, 0.15) is 5.75 Å². The Labute approximate surface area is 124 Å². The van der Waals surface area contributed by atoms with Crippen molar-refractivity contribution < 1.29 is 14.6 Å². The molecule has 4 nitrogen and oxygen atoms in total. The molecule has 1 aliphatic rings. The molecule has 1 unspecified atom stereocenters. The molecule has 20 heavy (non-hydrogen) atoms. The third-order valence-electron chi connectivity index (χ3n) is 3.39. The van der Waals surface area contributed by atoms with E-state index in [9.17, 15) is 4.79 Å². The minimum Gasteiger partial charge on any atom is -0.489 e. The number of carbonyl (C=O) groups is 1. The lowest BCUT2D eigenvalue weighted by Gasteiger charge is -2.17. The van der Waals surface area contributed by atoms with E-state index in [0.29, 0.717) is 17.3 Å². The molecule has 1 aromatic carbocycles. The van der Waals surface area contributed by atoms with Gasteiger partial charge in [-0.25, -0.2) is 0 Å². The zero-order valence-corrected chi connectivity index (χ0v) is 12.6. The molecule has 0 amide bonds. The molecule has 1 fully saturated rings. The minimum absolute atomic E-state index is 0.0910. The highest BCUT2D eigenvalue weighted by Gasteiger charge is 2.27. The smallest absolute Gasteiger partial charge is 0.307 e. The number of likely N-dealkylation sites (tertiary alicyclic amines) is 1. The molecule has 0 saturated carbocycles. The van der Waals surface area contributed by atoms with Crippen LogP contribution in [0.25, 0.3) is 0 Å². The van der Waals surface area contributed by atoms with Gasteiger partial charge in [-0.2, -0.15) is 0 Å². The van der Waals surface area contributed by atoms with Crippen LogP contribution in [-0.4, -0.2) is 35.2 Å². The van der Waals surface area contributed by atoms with Crippen LogP contribution in [0, 0.1) is 5.92 Å². The van der Waals surface area contributed by atoms with E-state index < -0.39 is 5.97 Å². The van der Waals surface area contributed by atoms with Crippen molar-refractivity contribution in [2.75, 3.05) is 13.1 Å². The number of hydrogen-bond acceptors (Lipinski definition) is 3. The summed E-state index contributed by atoms with van der Waals surface area (Å²) >= 11 is 6.20. The van der Waals surface area contributed by atoms with E-state index in [-0.39, 0.29) is 12.0 Å². The molecule has 1 saturated heterocycles. The summed E-state index contributed by atoms with van der Waals surface area (Å²) < 4.78 is 5.60. The van der Waals surface area contributed by atoms with Crippen molar-refractivity contribution >= 4 is 17.6 Å². The van der Waals surface area contributed by atoms with Crippen molar-refractivity contribution in [3.05, 3.63) is 28.8 Å². The van der Waals surface area contributed by atoms with Gasteiger partial charge in [0.15, 0.2) is 0 Å². The maximum Gasteiger partial charge on any atom is 0.307 e. The van der Waals surface area contributed by atoms with Gasteiger partial charge in [-0.05, 0) is 44.5 Å². The van der Waals surface area contributed by atoms with Gasteiger partial charge in [-0.15, -0.1) is 0 Å². The fraction of sp³-hybridized carbons (Fsp3) is 0.533. The predicted octanol–water partition coefficient (Wildman–Crippen LogP) is 3.03. The fourth-order valence-corrected chi connectivity index (χ4v) is 2.68. The number of ether oxygens (including phenoxy) is 1. The van der Waals surface area contributed by atoms with Crippen LogP contribution in [0.2, 0.25) is 5.02 Å². The number of halogens is 1. The molecule has 1 aliphatic heterocycles. The summed E-state index contributed by atoms with van der Waals surface area (Å²) in [5.41, 5.74) is 1.08. The molecule has 1 atom stereocenters. The lowest BCUT2D eigenvalue weighted by molar-refractivity contribution is -0.141. The van der Waals surface area contributed by atoms with Crippen LogP contribution in [0.15, 0.2) is 18.2 Å². The van der Waals surface area contributed by atoms with Crippen molar-refractivity contribution in [1.82, 2.24) is 4.90 Å². The van der Waals surface area contributed by atoms with E-state index in [1.54, 1.807) is 0 Å². The maximum atomic E-state index is 10.9. The second-order valence-electron chi connectivity index (χ2n) is 5.49. The van der Waals surface area contributed by atoms with Crippen LogP contribution in [0.5, 0.6) is 5.75 Å². The van der Waals surface area contributed by atoms with Crippen LogP contribution in [0.3, 0.4) is 0 Å². The normalized spacial score (nSPS) is 19.5. The van der Waals surface area contributed by atoms with Gasteiger partial charge >= 0.3 is 5.97 Å². The Morgan fingerprint density at radius 1 is 1.55 bits per heavy atom. The van der Waals surface area contributed by atoms with Crippen LogP contribution < -0.4 is 4.74 Å². The molecule has 0 aromatic heterocycles. The molecule has 0 aliphatic carbocycles. The summed E-state index contributed by atoms with van der Waals surface area (Å²) in [7, 11) is 0. The Balaban J connectivity index is 1.97. The Kier molecular flexibility index (Phi) is 4.89. The van der Waals surface area contributed by atoms with Crippen molar-refractivity contribution in [3.63, 3.8) is 0 Å². The summed E-state index contributed by atoms with van der Waals surface area (Å²) in [4.78, 5) is 13.1. The number of nitrogens with zero attached hydrogens (tertiary/aromatic N) is 1. The molecule has 0 spiro atoms. The zero-order chi connectivity index (χ0) is 14.7. The third kappa shape index (κ3) is 3.87. The Morgan fingerprint density at radius 2 is 2.30 bits per heavy atom. The lowest BCUT2D eigenvalue weighted by Crippen LogP contribution is -2.22. The standard InChI is InChI=1S/C15H20ClNO3/c1-10(2)20-14-4-3-11(7-13(14)16)8-17-6-5-12(9-17)15(18)19/h3-4,7,10,12H,5-6,8-9H2,1-2H3,(H,18,19). The van der Waals surface area contributed by atoms with E-state index in [1.807, 2.05) is 32.0 Å². The molecular formula is C15H20ClNO3. The van der Waals surface area contributed by atoms with Gasteiger partial charge in [0.25, 0.3) is 0 Å². The zero-order valence-electron chi connectivity index (χ0n) is 11.8. The third-order valence-corrected chi connectivity index (χ3v) is 3.68. The first-order valence-corrected chi connectivity index (χ1v) is 7.23. The molecule has 0 bridgehead atoms. The number of rotatable bonds is 5. The summed E-state index contributed by atoms with van der Waals surface area (Å²) in [6.45, 7) is 6.07. The highest BCUT2D eigenvalue weighted by atomic mass is 35.5. The molecular weight excluding hydrogens is 278 g/mol. The Bertz CT molecular complexity index is 490. The Morgan fingerprint density at radius 3 is 2.85 bits per heavy atom. The molecule has 1 N–H and O–H groups in total. The summed E-state index contributed by atoms with van der Waals surface area (Å²) in [5, 5.41) is 9.60. The first-order valence-electron chi connectivity index (χ1n) is 6.86. The highest BCUT2D eigenvalue weighted by molar-refractivity contribution is 6.32. The van der Waals surface area contributed by atoms with Crippen molar-refractivity contribution in [3.8, 4) is 5.75 Å². The van der Waals surface area contributed by atoms with Crippen LogP contribution in [-0.2, 0) is 11.3 Å². The van der Waals surface area contributed by atoms with Gasteiger partial charge < -0.3 is 9.84 Å². The molecule has 2 rings (SSSR count). The number of carboxylic acid groups (broad SMARTS) is 1. The molecule has 1 heterocycles. The van der Waals surface area contributed by atoms with Crippen LogP contribution in [0.1, 0.15) is 25.8 Å². The first-order chi connectivity index (χ1) is 9.45. The fourth-order valence-electron chi connectivity index (χ4n) is 2.43. The molecule has 110 valence electrons. The van der Waals surface area contributed by atoms with Crippen LogP contribution in [0.4, 0.5) is 0 Å². The average molecular weight is 298 g/mol. The number of hydrogen-bond donors (Lipinski definition) is 1. The topological polar surface area (TPSA) is 49.8 Å². The van der Waals surface area contributed by atoms with Gasteiger partial charge in [-0.3, -0.25) is 9.69 Å². The number of carboxylic acids is 1. The van der Waals surface area contributed by atoms with Gasteiger partial charge in [-0.1, -0.05) is 17.7 Å². The largest absolute Gasteiger partial charge is 0.489 e. The van der Waals surface area contributed by atoms with Crippen molar-refractivity contribution in [2.45, 2.75) is 32.9 Å². The molecule has 5 heteroatoms. The van der Waals surface area contributed by atoms with Crippen LogP contribution >= 0.6 is 11.6 Å². The van der Waals surface area contributed by atoms with Crippen molar-refractivity contribution in [1.29, 1.82) is 0 Å². The number of aliphatic carboxylic acids is 1. The predicted molar refractivity (Wildman–Crippen MR) is 78.2 cm³/mol. The maximum absolute atomic E-state index is 10.9. The Hall–Kier alpha value is -1.26. The van der Waals surface area contributed by atoms with E-state index in [2.05, 4.69) is 4.90 Å². The summed E-state index contributed by atoms with van der Waals surface area (Å²) in [6, 6.07) is 5.76. The van der Waals surface area contributed by atoms with Gasteiger partial charge in [0, 0.05) is 13.1 Å². The van der Waals surface area contributed by atoms with E-state index >= 15 is 0 Å². The minimum atomic E-state index is -0.703. The molecule has 1 aromatic rings. The highest BCUT2D eigenvalue weighted by Crippen LogP contribution is 2.28. The van der Waals surface area contributed by atoms with Gasteiger partial charge in [0.2, 0.25) is 0 Å². The second-order valence-corrected chi connectivity index (χ2v) is 5.90. The average Bonchev–Trinajstić information content (AvgIpc) is 2.81. The second kappa shape index (κ2) is 6.46. The monoisotopic (exact) mass is 297 g/mol. The molecule has 0 radical (unpaired) electrons.